The summed E-state index contributed by atoms with van der Waals surface area (Å²) in [5.41, 5.74) is 1.29. The molecular weight excluding hydrogens is 369 g/mol. The van der Waals surface area contributed by atoms with Crippen LogP contribution in [-0.2, 0) is 4.79 Å². The van der Waals surface area contributed by atoms with Crippen LogP contribution in [0.5, 0.6) is 5.75 Å². The zero-order chi connectivity index (χ0) is 18.1. The van der Waals surface area contributed by atoms with Gasteiger partial charge >= 0.3 is 0 Å². The summed E-state index contributed by atoms with van der Waals surface area (Å²) < 4.78 is 10.6. The molecule has 0 spiro atoms. The van der Waals surface area contributed by atoms with Crippen molar-refractivity contribution in [2.75, 3.05) is 0 Å². The lowest BCUT2D eigenvalue weighted by Gasteiger charge is -2.13. The Morgan fingerprint density at radius 3 is 2.36 bits per heavy atom. The van der Waals surface area contributed by atoms with Gasteiger partial charge in [0.2, 0.25) is 5.88 Å². The maximum atomic E-state index is 11.7. The third kappa shape index (κ3) is 3.57. The Labute approximate surface area is 151 Å². The fraction of sp³-hybridized carbons (Fsp3) is 0.125. The van der Waals surface area contributed by atoms with Crippen LogP contribution in [0.2, 0.25) is 10.0 Å². The molecule has 1 aromatic heterocycles. The predicted molar refractivity (Wildman–Crippen MR) is 91.7 cm³/mol. The van der Waals surface area contributed by atoms with Crippen LogP contribution >= 0.6 is 23.2 Å². The Bertz CT molecular complexity index is 987. The summed E-state index contributed by atoms with van der Waals surface area (Å²) in [4.78, 5) is 22.8. The molecule has 0 unspecified atom stereocenters. The number of carbonyl (C=O) groups excluding carboxylic acids is 1. The molecule has 0 radical (unpaired) electrons. The maximum absolute atomic E-state index is 11.7. The number of hydrogen-bond acceptors (Lipinski definition) is 5. The van der Waals surface area contributed by atoms with E-state index in [0.717, 1.165) is 5.57 Å². The van der Waals surface area contributed by atoms with Crippen LogP contribution in [0.25, 0.3) is 11.3 Å². The molecule has 0 atom stereocenters. The normalized spacial score (nSPS) is 13.8. The van der Waals surface area contributed by atoms with Crippen molar-refractivity contribution in [1.82, 2.24) is 5.16 Å². The molecule has 128 valence electrons. The van der Waals surface area contributed by atoms with Crippen LogP contribution in [-0.4, -0.2) is 11.1 Å². The molecule has 3 rings (SSSR count). The number of rotatable bonds is 3. The largest absolute Gasteiger partial charge is 0.434 e. The number of benzene rings is 1. The molecule has 0 saturated heterocycles. The second-order valence-corrected chi connectivity index (χ2v) is 6.16. The van der Waals surface area contributed by atoms with Crippen molar-refractivity contribution >= 4 is 29.1 Å². The number of halogens is 2. The minimum absolute atomic E-state index is 0.0838. The molecule has 9 heteroatoms. The van der Waals surface area contributed by atoms with Gasteiger partial charge in [0.1, 0.15) is 0 Å². The van der Waals surface area contributed by atoms with E-state index in [0.29, 0.717) is 11.1 Å². The average Bonchev–Trinajstić information content (AvgIpc) is 2.98. The van der Waals surface area contributed by atoms with E-state index in [2.05, 4.69) is 15.4 Å². The van der Waals surface area contributed by atoms with E-state index in [4.69, 9.17) is 32.5 Å². The topological polar surface area (TPSA) is 97.0 Å². The number of aromatic nitrogens is 1. The lowest BCUT2D eigenvalue weighted by atomic mass is 10.1. The van der Waals surface area contributed by atoms with Gasteiger partial charge in [-0.2, -0.15) is 5.16 Å². The Morgan fingerprint density at radius 2 is 1.80 bits per heavy atom. The summed E-state index contributed by atoms with van der Waals surface area (Å²) >= 11 is 12.4. The van der Waals surface area contributed by atoms with Gasteiger partial charge in [0.15, 0.2) is 11.5 Å². The summed E-state index contributed by atoms with van der Waals surface area (Å²) in [7, 11) is 0. The zero-order valence-electron chi connectivity index (χ0n) is 13.1. The van der Waals surface area contributed by atoms with Crippen LogP contribution in [0.3, 0.4) is 0 Å². The number of amides is 1. The molecule has 2 heterocycles. The summed E-state index contributed by atoms with van der Waals surface area (Å²) in [5, 5.41) is 9.78. The van der Waals surface area contributed by atoms with Gasteiger partial charge in [-0.1, -0.05) is 28.8 Å². The molecule has 1 aliphatic rings. The molecule has 1 aromatic carbocycles. The first kappa shape index (κ1) is 17.2. The fourth-order valence-corrected chi connectivity index (χ4v) is 2.66. The highest BCUT2D eigenvalue weighted by Gasteiger charge is 2.19. The Balaban J connectivity index is 1.95. The smallest absolute Gasteiger partial charge is 0.295 e. The van der Waals surface area contributed by atoms with E-state index in [1.54, 1.807) is 13.8 Å². The third-order valence-corrected chi connectivity index (χ3v) is 3.85. The third-order valence-electron chi connectivity index (χ3n) is 3.29. The zero-order valence-corrected chi connectivity index (χ0v) is 14.6. The van der Waals surface area contributed by atoms with Crippen molar-refractivity contribution in [2.45, 2.75) is 13.8 Å². The van der Waals surface area contributed by atoms with Gasteiger partial charge in [0.25, 0.3) is 11.5 Å². The number of carbonyl (C=O) groups is 1. The first-order valence-electron chi connectivity index (χ1n) is 7.06. The van der Waals surface area contributed by atoms with Crippen LogP contribution in [0, 0.1) is 0 Å². The standard InChI is InChI=1S/C16H11Cl2N3O4/c1-7(2)9-5-14(19-20-16(9)23)24-15-10(17)3-8(4-11(15)18)12-6-13(22)21-25-12/h3-6H,1-2H3,(H,21,22). The number of aromatic amines is 1. The van der Waals surface area contributed by atoms with E-state index in [1.807, 2.05) is 0 Å². The van der Waals surface area contributed by atoms with Gasteiger partial charge in [-0.3, -0.25) is 9.59 Å². The van der Waals surface area contributed by atoms with E-state index < -0.39 is 5.91 Å². The maximum Gasteiger partial charge on any atom is 0.295 e. The minimum Gasteiger partial charge on any atom is -0.434 e. The molecule has 1 amide bonds. The predicted octanol–water partition coefficient (Wildman–Crippen LogP) is 4.49. The highest BCUT2D eigenvalue weighted by atomic mass is 35.5. The SMILES string of the molecule is CC(C)=C1C=C(Oc2c(Cl)cc(-c3cc(=O)[nH]o3)cc2Cl)N=NC1=O. The Hall–Kier alpha value is -2.64. The van der Waals surface area contributed by atoms with Crippen molar-refractivity contribution in [3.63, 3.8) is 0 Å². The van der Waals surface area contributed by atoms with Gasteiger partial charge < -0.3 is 9.26 Å². The van der Waals surface area contributed by atoms with Crippen LogP contribution in [0.4, 0.5) is 0 Å². The molecule has 0 saturated carbocycles. The van der Waals surface area contributed by atoms with Crippen molar-refractivity contribution in [2.24, 2.45) is 10.2 Å². The summed E-state index contributed by atoms with van der Waals surface area (Å²) in [6, 6.07) is 4.33. The summed E-state index contributed by atoms with van der Waals surface area (Å²) in [6.45, 7) is 3.56. The molecular formula is C16H11Cl2N3O4. The van der Waals surface area contributed by atoms with Gasteiger partial charge in [-0.05, 0) is 26.0 Å². The number of allylic oxidation sites excluding steroid dienone is 1. The number of azo groups is 1. The Kier molecular flexibility index (Phi) is 4.61. The fourth-order valence-electron chi connectivity index (χ4n) is 2.10. The minimum atomic E-state index is -0.442. The number of ether oxygens (including phenoxy) is 1. The van der Waals surface area contributed by atoms with E-state index in [-0.39, 0.29) is 33.0 Å². The molecule has 2 aromatic rings. The summed E-state index contributed by atoms with van der Waals surface area (Å²) in [5.74, 6) is 0.0786. The van der Waals surface area contributed by atoms with Crippen LogP contribution in [0.1, 0.15) is 13.8 Å². The molecule has 0 bridgehead atoms. The molecule has 0 fully saturated rings. The van der Waals surface area contributed by atoms with Crippen molar-refractivity contribution in [1.29, 1.82) is 0 Å². The first-order chi connectivity index (χ1) is 11.8. The number of nitrogens with zero attached hydrogens (tertiary/aromatic N) is 2. The quantitative estimate of drug-likeness (QED) is 0.794. The van der Waals surface area contributed by atoms with E-state index in [1.165, 1.54) is 24.3 Å². The first-order valence-corrected chi connectivity index (χ1v) is 7.82. The second kappa shape index (κ2) is 6.70. The molecule has 25 heavy (non-hydrogen) atoms. The van der Waals surface area contributed by atoms with Gasteiger partial charge in [-0.15, -0.1) is 10.2 Å². The highest BCUT2D eigenvalue weighted by Crippen LogP contribution is 2.38. The number of nitrogens with one attached hydrogen (secondary N) is 1. The van der Waals surface area contributed by atoms with Crippen molar-refractivity contribution < 1.29 is 14.1 Å². The molecule has 1 aliphatic heterocycles. The average molecular weight is 380 g/mol. The summed E-state index contributed by atoms with van der Waals surface area (Å²) in [6.07, 6.45) is 1.47. The van der Waals surface area contributed by atoms with Gasteiger partial charge in [0, 0.05) is 17.2 Å². The number of H-pyrrole nitrogens is 1. The van der Waals surface area contributed by atoms with Crippen LogP contribution in [0.15, 0.2) is 60.9 Å². The van der Waals surface area contributed by atoms with Crippen LogP contribution < -0.4 is 10.3 Å². The lowest BCUT2D eigenvalue weighted by Crippen LogP contribution is -2.06. The van der Waals surface area contributed by atoms with E-state index in [9.17, 15) is 9.59 Å². The van der Waals surface area contributed by atoms with Gasteiger partial charge in [0.05, 0.1) is 16.1 Å². The highest BCUT2D eigenvalue weighted by molar-refractivity contribution is 6.37. The van der Waals surface area contributed by atoms with E-state index >= 15 is 0 Å². The molecule has 1 N–H and O–H groups in total. The van der Waals surface area contributed by atoms with Crippen molar-refractivity contribution in [3.8, 4) is 17.1 Å². The lowest BCUT2D eigenvalue weighted by molar-refractivity contribution is -0.114. The molecule has 7 nitrogen and oxygen atoms in total. The number of hydrogen-bond donors (Lipinski definition) is 1. The Morgan fingerprint density at radius 1 is 1.12 bits per heavy atom. The monoisotopic (exact) mass is 379 g/mol. The van der Waals surface area contributed by atoms with Gasteiger partial charge in [-0.25, -0.2) is 0 Å². The van der Waals surface area contributed by atoms with Crippen molar-refractivity contribution in [3.05, 3.63) is 61.7 Å². The second-order valence-electron chi connectivity index (χ2n) is 5.35. The molecule has 0 aliphatic carbocycles.